The maximum Gasteiger partial charge on any atom is 0.167 e. The van der Waals surface area contributed by atoms with Crippen LogP contribution in [0.2, 0.25) is 0 Å². The molecule has 0 saturated heterocycles. The highest BCUT2D eigenvalue weighted by Crippen LogP contribution is 2.22. The average Bonchev–Trinajstić information content (AvgIpc) is 2.30. The molecule has 0 fully saturated rings. The molecule has 1 rings (SSSR count). The number of oxime groups is 1. The van der Waals surface area contributed by atoms with Gasteiger partial charge in [-0.25, -0.2) is 8.78 Å². The number of ether oxygens (including phenoxy) is 1. The van der Waals surface area contributed by atoms with Gasteiger partial charge in [-0.05, 0) is 18.6 Å². The van der Waals surface area contributed by atoms with E-state index in [9.17, 15) is 8.78 Å². The Balaban J connectivity index is 2.57. The lowest BCUT2D eigenvalue weighted by molar-refractivity contribution is 0.251. The summed E-state index contributed by atoms with van der Waals surface area (Å²) in [5.41, 5.74) is 4.94. The monoisotopic (exact) mass is 258 g/mol. The smallest absolute Gasteiger partial charge is 0.167 e. The molecular weight excluding hydrogens is 242 g/mol. The third-order valence-electron chi connectivity index (χ3n) is 2.68. The van der Waals surface area contributed by atoms with E-state index >= 15 is 0 Å². The Morgan fingerprint density at radius 3 is 2.67 bits per heavy atom. The largest absolute Gasteiger partial charge is 0.490 e. The summed E-state index contributed by atoms with van der Waals surface area (Å²) in [6.07, 6.45) is 0.430. The van der Waals surface area contributed by atoms with Crippen LogP contribution in [0.15, 0.2) is 23.4 Å². The molecule has 6 heteroatoms. The van der Waals surface area contributed by atoms with Crippen molar-refractivity contribution < 1.29 is 18.7 Å². The molecule has 0 bridgehead atoms. The van der Waals surface area contributed by atoms with Crippen molar-refractivity contribution in [1.29, 1.82) is 0 Å². The summed E-state index contributed by atoms with van der Waals surface area (Å²) in [5, 5.41) is 11.5. The number of hydrogen-bond acceptors (Lipinski definition) is 3. The summed E-state index contributed by atoms with van der Waals surface area (Å²) in [4.78, 5) is 0. The molecule has 0 aliphatic rings. The van der Waals surface area contributed by atoms with Gasteiger partial charge < -0.3 is 15.7 Å². The fraction of sp³-hybridized carbons (Fsp3) is 0.417. The number of amidine groups is 1. The first kappa shape index (κ1) is 14.2. The second-order valence-corrected chi connectivity index (χ2v) is 4.54. The molecule has 0 aliphatic heterocycles. The first-order valence-corrected chi connectivity index (χ1v) is 5.42. The first-order valence-electron chi connectivity index (χ1n) is 5.42. The van der Waals surface area contributed by atoms with Gasteiger partial charge in [0.2, 0.25) is 0 Å². The van der Waals surface area contributed by atoms with Crippen LogP contribution in [0.1, 0.15) is 20.3 Å². The number of nitrogens with zero attached hydrogens (tertiary/aromatic N) is 1. The maximum atomic E-state index is 13.2. The summed E-state index contributed by atoms with van der Waals surface area (Å²) in [7, 11) is 0. The van der Waals surface area contributed by atoms with E-state index in [1.807, 2.05) is 0 Å². The number of benzene rings is 1. The number of nitrogens with two attached hydrogens (primary N) is 1. The molecule has 1 aromatic carbocycles. The molecule has 0 unspecified atom stereocenters. The fourth-order valence-electron chi connectivity index (χ4n) is 1.27. The van der Waals surface area contributed by atoms with E-state index in [-0.39, 0.29) is 18.2 Å². The van der Waals surface area contributed by atoms with Crippen molar-refractivity contribution in [3.63, 3.8) is 0 Å². The Labute approximate surface area is 104 Å². The highest BCUT2D eigenvalue weighted by Gasteiger charge is 2.23. The van der Waals surface area contributed by atoms with Crippen molar-refractivity contribution in [1.82, 2.24) is 0 Å². The van der Waals surface area contributed by atoms with Gasteiger partial charge in [-0.2, -0.15) is 0 Å². The third kappa shape index (κ3) is 3.58. The topological polar surface area (TPSA) is 67.8 Å². The summed E-state index contributed by atoms with van der Waals surface area (Å²) >= 11 is 0. The Bertz CT molecular complexity index is 448. The highest BCUT2D eigenvalue weighted by molar-refractivity contribution is 5.85. The standard InChI is InChI=1S/C12H16F2N2O2/c1-12(2,11(15)16-17)5-6-18-10-4-3-8(13)7-9(10)14/h3-4,7,17H,5-6H2,1-2H3,(H2,15,16). The molecule has 0 amide bonds. The molecule has 3 N–H and O–H groups in total. The van der Waals surface area contributed by atoms with Crippen LogP contribution in [0.4, 0.5) is 8.78 Å². The van der Waals surface area contributed by atoms with E-state index in [4.69, 9.17) is 15.7 Å². The SMILES string of the molecule is CC(C)(CCOc1ccc(F)cc1F)C(N)=NO. The predicted octanol–water partition coefficient (Wildman–Crippen LogP) is 2.51. The molecule has 0 spiro atoms. The molecule has 1 aromatic rings. The van der Waals surface area contributed by atoms with Gasteiger partial charge in [0.25, 0.3) is 0 Å². The van der Waals surface area contributed by atoms with Gasteiger partial charge in [-0.3, -0.25) is 0 Å². The van der Waals surface area contributed by atoms with Crippen LogP contribution in [0.5, 0.6) is 5.75 Å². The van der Waals surface area contributed by atoms with Crippen LogP contribution in [0.3, 0.4) is 0 Å². The minimum atomic E-state index is -0.753. The van der Waals surface area contributed by atoms with Gasteiger partial charge in [0.15, 0.2) is 11.6 Å². The Kier molecular flexibility index (Phi) is 4.47. The zero-order valence-corrected chi connectivity index (χ0v) is 10.3. The van der Waals surface area contributed by atoms with Gasteiger partial charge in [-0.15, -0.1) is 0 Å². The highest BCUT2D eigenvalue weighted by atomic mass is 19.1. The number of halogens is 2. The normalized spacial score (nSPS) is 12.6. The van der Waals surface area contributed by atoms with Crippen LogP contribution in [-0.4, -0.2) is 17.6 Å². The lowest BCUT2D eigenvalue weighted by Gasteiger charge is -2.22. The summed E-state index contributed by atoms with van der Waals surface area (Å²) in [6.45, 7) is 3.71. The Hall–Kier alpha value is -1.85. The van der Waals surface area contributed by atoms with Crippen LogP contribution >= 0.6 is 0 Å². The van der Waals surface area contributed by atoms with E-state index in [1.54, 1.807) is 13.8 Å². The molecule has 100 valence electrons. The molecule has 0 radical (unpaired) electrons. The molecule has 0 saturated carbocycles. The van der Waals surface area contributed by atoms with Crippen LogP contribution in [0, 0.1) is 17.0 Å². The van der Waals surface area contributed by atoms with Gasteiger partial charge in [0.05, 0.1) is 6.61 Å². The van der Waals surface area contributed by atoms with Gasteiger partial charge >= 0.3 is 0 Å². The first-order chi connectivity index (χ1) is 8.36. The predicted molar refractivity (Wildman–Crippen MR) is 63.7 cm³/mol. The molecule has 0 aliphatic carbocycles. The molecule has 0 heterocycles. The van der Waals surface area contributed by atoms with Gasteiger partial charge in [-0.1, -0.05) is 19.0 Å². The minimum Gasteiger partial charge on any atom is -0.490 e. The Morgan fingerprint density at radius 2 is 2.11 bits per heavy atom. The van der Waals surface area contributed by atoms with E-state index in [0.717, 1.165) is 12.1 Å². The van der Waals surface area contributed by atoms with Crippen molar-refractivity contribution in [2.45, 2.75) is 20.3 Å². The number of hydrogen-bond donors (Lipinski definition) is 2. The minimum absolute atomic E-state index is 0.0216. The van der Waals surface area contributed by atoms with Crippen LogP contribution in [0.25, 0.3) is 0 Å². The van der Waals surface area contributed by atoms with Crippen molar-refractivity contribution in [3.8, 4) is 5.75 Å². The lowest BCUT2D eigenvalue weighted by atomic mass is 9.88. The zero-order chi connectivity index (χ0) is 13.8. The van der Waals surface area contributed by atoms with Crippen molar-refractivity contribution in [3.05, 3.63) is 29.8 Å². The average molecular weight is 258 g/mol. The maximum absolute atomic E-state index is 13.2. The fourth-order valence-corrected chi connectivity index (χ4v) is 1.27. The third-order valence-corrected chi connectivity index (χ3v) is 2.68. The Morgan fingerprint density at radius 1 is 1.44 bits per heavy atom. The molecule has 4 nitrogen and oxygen atoms in total. The van der Waals surface area contributed by atoms with Crippen LogP contribution < -0.4 is 10.5 Å². The van der Waals surface area contributed by atoms with E-state index in [0.29, 0.717) is 6.42 Å². The zero-order valence-electron chi connectivity index (χ0n) is 10.3. The van der Waals surface area contributed by atoms with Crippen LogP contribution in [-0.2, 0) is 0 Å². The summed E-state index contributed by atoms with van der Waals surface area (Å²) < 4.78 is 31.1. The molecular formula is C12H16F2N2O2. The molecule has 18 heavy (non-hydrogen) atoms. The molecule has 0 atom stereocenters. The quantitative estimate of drug-likeness (QED) is 0.369. The van der Waals surface area contributed by atoms with Gasteiger partial charge in [0.1, 0.15) is 11.7 Å². The summed E-state index contributed by atoms with van der Waals surface area (Å²) in [5.74, 6) is -1.36. The number of rotatable bonds is 5. The van der Waals surface area contributed by atoms with Crippen molar-refractivity contribution >= 4 is 5.84 Å². The van der Waals surface area contributed by atoms with E-state index in [2.05, 4.69) is 5.16 Å². The second-order valence-electron chi connectivity index (χ2n) is 4.54. The second kappa shape index (κ2) is 5.66. The van der Waals surface area contributed by atoms with Crippen molar-refractivity contribution in [2.75, 3.05) is 6.61 Å². The lowest BCUT2D eigenvalue weighted by Crippen LogP contribution is -2.33. The summed E-state index contributed by atoms with van der Waals surface area (Å²) in [6, 6.07) is 3.10. The van der Waals surface area contributed by atoms with E-state index < -0.39 is 17.0 Å². The van der Waals surface area contributed by atoms with Gasteiger partial charge in [0, 0.05) is 11.5 Å². The van der Waals surface area contributed by atoms with E-state index in [1.165, 1.54) is 6.07 Å². The van der Waals surface area contributed by atoms with Crippen molar-refractivity contribution in [2.24, 2.45) is 16.3 Å². The molecule has 0 aromatic heterocycles.